The second kappa shape index (κ2) is 16.6. The smallest absolute Gasteiger partial charge is 0.356 e. The van der Waals surface area contributed by atoms with E-state index in [1.54, 1.807) is 24.3 Å². The van der Waals surface area contributed by atoms with Gasteiger partial charge in [-0.25, -0.2) is 4.79 Å². The number of ether oxygens (including phenoxy) is 2. The zero-order valence-electron chi connectivity index (χ0n) is 28.4. The lowest BCUT2D eigenvalue weighted by Gasteiger charge is -2.48. The summed E-state index contributed by atoms with van der Waals surface area (Å²) in [6, 6.07) is 41.2. The number of β-lactam (4-membered cyclic amide) rings is 1. The van der Waals surface area contributed by atoms with E-state index in [0.717, 1.165) is 27.7 Å². The van der Waals surface area contributed by atoms with Crippen molar-refractivity contribution in [3.05, 3.63) is 161 Å². The van der Waals surface area contributed by atoms with Gasteiger partial charge in [-0.15, -0.1) is 0 Å². The Hall–Kier alpha value is -5.97. The average Bonchev–Trinajstić information content (AvgIpc) is 3.19. The molecule has 2 amide bonds. The number of nitrogens with zero attached hydrogens (tertiary/aromatic N) is 2. The lowest BCUT2D eigenvalue weighted by molar-refractivity contribution is -0.384. The number of carbonyl (C=O) groups is 4. The Morgan fingerprint density at radius 2 is 1.26 bits per heavy atom. The summed E-state index contributed by atoms with van der Waals surface area (Å²) in [5.41, 5.74) is 0.379. The van der Waals surface area contributed by atoms with Crippen molar-refractivity contribution in [2.24, 2.45) is 0 Å². The van der Waals surface area contributed by atoms with Crippen LogP contribution in [0, 0.1) is 10.1 Å². The molecule has 5 aromatic rings. The predicted molar refractivity (Wildman–Crippen MR) is 206 cm³/mol. The van der Waals surface area contributed by atoms with Crippen LogP contribution in [0.2, 0.25) is 0 Å². The van der Waals surface area contributed by atoms with E-state index in [1.165, 1.54) is 36.1 Å². The minimum atomic E-state index is -3.32. The number of likely N-dealkylation sites (tertiary alicyclic amines) is 1. The molecule has 5 aromatic carbocycles. The van der Waals surface area contributed by atoms with Crippen LogP contribution in [0.25, 0.3) is 0 Å². The molecule has 53 heavy (non-hydrogen) atoms. The number of nitrogens with one attached hydrogen (secondary N) is 1. The highest BCUT2D eigenvalue weighted by Crippen LogP contribution is 2.49. The van der Waals surface area contributed by atoms with Crippen LogP contribution in [0.4, 0.5) is 5.69 Å². The molecule has 0 radical (unpaired) electrons. The van der Waals surface area contributed by atoms with Crippen LogP contribution in [-0.2, 0) is 30.5 Å². The summed E-state index contributed by atoms with van der Waals surface area (Å²) < 4.78 is 11.6. The van der Waals surface area contributed by atoms with E-state index < -0.39 is 41.0 Å². The number of non-ortho nitro benzene ring substituents is 1. The number of hydrogen-bond donors (Lipinski definition) is 1. The van der Waals surface area contributed by atoms with Gasteiger partial charge >= 0.3 is 5.97 Å². The first kappa shape index (κ1) is 36.8. The molecule has 1 N–H and O–H groups in total. The number of hydrogen-bond acceptors (Lipinski definition) is 9. The summed E-state index contributed by atoms with van der Waals surface area (Å²) in [4.78, 5) is 67.4. The van der Waals surface area contributed by atoms with Gasteiger partial charge in [-0.1, -0.05) is 121 Å². The van der Waals surface area contributed by atoms with Crippen molar-refractivity contribution < 1.29 is 33.6 Å². The number of esters is 1. The standard InChI is InChI=1S/C40H34N3O8PS/c1-28(44)53-39-36(41-35(45)27-50-31-14-6-2-7-15-31)37(46)42(39)38(40(47)51-26-29-22-24-30(25-23-29)43(48)49)52(32-16-8-3-9-17-32,33-18-10-4-11-19-33)34-20-12-5-13-21-34/h2-25,36,39H,26-27H2,1H3,(H,41,45)/t36-,39-/m0/s1. The monoisotopic (exact) mass is 747 g/mol. The quantitative estimate of drug-likeness (QED) is 0.0592. The molecule has 11 nitrogen and oxygen atoms in total. The molecule has 1 saturated heterocycles. The lowest BCUT2D eigenvalue weighted by Crippen LogP contribution is -2.72. The van der Waals surface area contributed by atoms with Gasteiger partial charge in [0.05, 0.1) is 4.92 Å². The van der Waals surface area contributed by atoms with Crippen molar-refractivity contribution >= 4 is 68.6 Å². The molecule has 2 atom stereocenters. The second-order valence-electron chi connectivity index (χ2n) is 11.9. The zero-order chi connectivity index (χ0) is 37.4. The van der Waals surface area contributed by atoms with Gasteiger partial charge < -0.3 is 14.8 Å². The molecule has 0 aromatic heterocycles. The first-order valence-electron chi connectivity index (χ1n) is 16.5. The topological polar surface area (TPSA) is 145 Å². The molecule has 0 spiro atoms. The summed E-state index contributed by atoms with van der Waals surface area (Å²) in [5.74, 6) is -1.55. The van der Waals surface area contributed by atoms with Crippen LogP contribution in [0.15, 0.2) is 146 Å². The third-order valence-electron chi connectivity index (χ3n) is 8.44. The number of nitro benzene ring substituents is 1. The summed E-state index contributed by atoms with van der Waals surface area (Å²) in [7, 11) is 0. The van der Waals surface area contributed by atoms with Gasteiger partial charge in [-0.2, -0.15) is 0 Å². The molecule has 268 valence electrons. The molecule has 1 heterocycles. The Labute approximate surface area is 310 Å². The molecule has 1 fully saturated rings. The van der Waals surface area contributed by atoms with Gasteiger partial charge in [-0.3, -0.25) is 29.4 Å². The van der Waals surface area contributed by atoms with E-state index in [1.807, 2.05) is 97.1 Å². The van der Waals surface area contributed by atoms with Gasteiger partial charge in [0.25, 0.3) is 17.5 Å². The Morgan fingerprint density at radius 1 is 0.774 bits per heavy atom. The predicted octanol–water partition coefficient (Wildman–Crippen LogP) is 4.77. The van der Waals surface area contributed by atoms with E-state index in [0.29, 0.717) is 11.3 Å². The third-order valence-corrected chi connectivity index (χ3v) is 13.7. The van der Waals surface area contributed by atoms with Crippen LogP contribution in [0.3, 0.4) is 0 Å². The Kier molecular flexibility index (Phi) is 11.5. The van der Waals surface area contributed by atoms with Crippen LogP contribution in [0.5, 0.6) is 5.75 Å². The van der Waals surface area contributed by atoms with Crippen LogP contribution in [0.1, 0.15) is 12.5 Å². The number of para-hydroxylation sites is 1. The molecular weight excluding hydrogens is 713 g/mol. The molecule has 1 aliphatic rings. The summed E-state index contributed by atoms with van der Waals surface area (Å²) in [6.07, 6.45) is 0. The maximum atomic E-state index is 14.9. The molecule has 0 unspecified atom stereocenters. The van der Waals surface area contributed by atoms with Gasteiger partial charge in [0.15, 0.2) is 11.7 Å². The Bertz CT molecular complexity index is 2070. The van der Waals surface area contributed by atoms with Crippen molar-refractivity contribution in [2.45, 2.75) is 24.9 Å². The van der Waals surface area contributed by atoms with Crippen molar-refractivity contribution in [1.82, 2.24) is 10.2 Å². The maximum Gasteiger partial charge on any atom is 0.356 e. The number of carbonyl (C=O) groups excluding carboxylic acids is 4. The van der Waals surface area contributed by atoms with Gasteiger partial charge in [0.2, 0.25) is 0 Å². The largest absolute Gasteiger partial charge is 0.484 e. The molecule has 6 rings (SSSR count). The molecule has 1 aliphatic heterocycles. The number of thioether (sulfide) groups is 1. The van der Waals surface area contributed by atoms with E-state index in [4.69, 9.17) is 9.47 Å². The minimum Gasteiger partial charge on any atom is -0.484 e. The first-order chi connectivity index (χ1) is 25.7. The molecule has 13 heteroatoms. The highest BCUT2D eigenvalue weighted by molar-refractivity contribution is 8.14. The van der Waals surface area contributed by atoms with Crippen molar-refractivity contribution in [3.8, 4) is 5.75 Å². The first-order valence-corrected chi connectivity index (χ1v) is 19.2. The van der Waals surface area contributed by atoms with E-state index in [2.05, 4.69) is 5.32 Å². The number of benzene rings is 5. The average molecular weight is 748 g/mol. The summed E-state index contributed by atoms with van der Waals surface area (Å²) >= 11 is 0.820. The van der Waals surface area contributed by atoms with Crippen LogP contribution in [-0.4, -0.2) is 56.2 Å². The Balaban J connectivity index is 1.52. The fraction of sp³-hybridized carbons (Fsp3) is 0.125. The maximum absolute atomic E-state index is 14.9. The SMILES string of the molecule is CC(=O)S[C@H]1[C@@H](NC(=O)COc2ccccc2)C(=O)N1C(C(=O)OCc1ccc([N+](=O)[O-])cc1)=P(c1ccccc1)(c1ccccc1)c1ccccc1. The van der Waals surface area contributed by atoms with E-state index in [-0.39, 0.29) is 29.4 Å². The number of nitro groups is 1. The highest BCUT2D eigenvalue weighted by atomic mass is 32.2. The normalized spacial score (nSPS) is 15.1. The third kappa shape index (κ3) is 7.94. The van der Waals surface area contributed by atoms with Crippen molar-refractivity contribution in [2.75, 3.05) is 6.61 Å². The second-order valence-corrected chi connectivity index (χ2v) is 16.5. The van der Waals surface area contributed by atoms with Crippen molar-refractivity contribution in [3.63, 3.8) is 0 Å². The van der Waals surface area contributed by atoms with Gasteiger partial charge in [0, 0.05) is 25.9 Å². The van der Waals surface area contributed by atoms with Crippen LogP contribution >= 0.6 is 18.6 Å². The molecule has 0 bridgehead atoms. The van der Waals surface area contributed by atoms with E-state index in [9.17, 15) is 29.3 Å². The van der Waals surface area contributed by atoms with Gasteiger partial charge in [-0.05, 0) is 45.7 Å². The fourth-order valence-corrected chi connectivity index (χ4v) is 11.5. The molecular formula is C40H34N3O8PS. The number of amides is 2. The number of rotatable bonds is 13. The summed E-state index contributed by atoms with van der Waals surface area (Å²) in [6.45, 7) is -2.61. The lowest BCUT2D eigenvalue weighted by atomic mass is 10.1. The van der Waals surface area contributed by atoms with Crippen LogP contribution < -0.4 is 26.0 Å². The zero-order valence-corrected chi connectivity index (χ0v) is 30.2. The highest BCUT2D eigenvalue weighted by Gasteiger charge is 2.55. The van der Waals surface area contributed by atoms with Gasteiger partial charge in [0.1, 0.15) is 29.2 Å². The fourth-order valence-electron chi connectivity index (χ4n) is 6.09. The molecule has 0 aliphatic carbocycles. The molecule has 0 saturated carbocycles. The minimum absolute atomic E-state index is 0.0118. The Morgan fingerprint density at radius 3 is 1.74 bits per heavy atom. The van der Waals surface area contributed by atoms with Crippen molar-refractivity contribution in [1.29, 1.82) is 0 Å². The summed E-state index contributed by atoms with van der Waals surface area (Å²) in [5, 5.41) is 14.8. The van der Waals surface area contributed by atoms with E-state index >= 15 is 0 Å².